The van der Waals surface area contributed by atoms with Gasteiger partial charge in [0.2, 0.25) is 0 Å². The molecule has 0 aromatic carbocycles. The number of nitrogens with one attached hydrogen (secondary N) is 1. The Balaban J connectivity index is 1.97. The van der Waals surface area contributed by atoms with Gasteiger partial charge in [0.25, 0.3) is 0 Å². The molecule has 0 heterocycles. The molecule has 4 nitrogen and oxygen atoms in total. The molecule has 94 valence electrons. The van der Waals surface area contributed by atoms with Crippen LogP contribution in [0.5, 0.6) is 0 Å². The Bertz CT molecular complexity index is 241. The molecule has 2 atom stereocenters. The lowest BCUT2D eigenvalue weighted by molar-refractivity contribution is -0.0456. The largest absolute Gasteiger partial charge is 0.394 e. The second kappa shape index (κ2) is 4.61. The molecular weight excluding hydrogens is 204 g/mol. The van der Waals surface area contributed by atoms with Crippen LogP contribution < -0.4 is 11.1 Å². The zero-order valence-electron chi connectivity index (χ0n) is 9.91. The minimum Gasteiger partial charge on any atom is -0.394 e. The van der Waals surface area contributed by atoms with Gasteiger partial charge in [0, 0.05) is 6.04 Å². The van der Waals surface area contributed by atoms with Crippen LogP contribution in [0.25, 0.3) is 0 Å². The molecule has 0 aromatic heterocycles. The molecule has 4 heteroatoms. The van der Waals surface area contributed by atoms with Crippen LogP contribution in [0.4, 0.5) is 0 Å². The molecule has 0 unspecified atom stereocenters. The molecule has 2 fully saturated rings. The summed E-state index contributed by atoms with van der Waals surface area (Å²) in [5, 5.41) is 23.1. The Morgan fingerprint density at radius 1 is 1.12 bits per heavy atom. The topological polar surface area (TPSA) is 78.5 Å². The lowest BCUT2D eigenvalue weighted by atomic mass is 9.88. The quantitative estimate of drug-likeness (QED) is 0.530. The lowest BCUT2D eigenvalue weighted by Gasteiger charge is -2.40. The zero-order valence-corrected chi connectivity index (χ0v) is 9.91. The monoisotopic (exact) mass is 228 g/mol. The van der Waals surface area contributed by atoms with Crippen LogP contribution in [0.1, 0.15) is 51.4 Å². The van der Waals surface area contributed by atoms with Crippen molar-refractivity contribution in [2.24, 2.45) is 5.73 Å². The predicted octanol–water partition coefficient (Wildman–Crippen LogP) is 0.471. The first-order chi connectivity index (χ1) is 7.58. The maximum absolute atomic E-state index is 10.4. The highest BCUT2D eigenvalue weighted by atomic mass is 16.3. The van der Waals surface area contributed by atoms with Crippen molar-refractivity contribution in [1.82, 2.24) is 5.32 Å². The van der Waals surface area contributed by atoms with Crippen molar-refractivity contribution in [3.05, 3.63) is 0 Å². The van der Waals surface area contributed by atoms with Crippen molar-refractivity contribution in [3.63, 3.8) is 0 Å². The van der Waals surface area contributed by atoms with Crippen LogP contribution in [-0.4, -0.2) is 34.1 Å². The van der Waals surface area contributed by atoms with E-state index in [-0.39, 0.29) is 12.6 Å². The van der Waals surface area contributed by atoms with E-state index >= 15 is 0 Å². The van der Waals surface area contributed by atoms with Crippen molar-refractivity contribution >= 4 is 0 Å². The van der Waals surface area contributed by atoms with Gasteiger partial charge in [0.1, 0.15) is 5.72 Å². The van der Waals surface area contributed by atoms with Gasteiger partial charge >= 0.3 is 0 Å². The van der Waals surface area contributed by atoms with Crippen molar-refractivity contribution in [1.29, 1.82) is 0 Å². The average molecular weight is 228 g/mol. The van der Waals surface area contributed by atoms with Gasteiger partial charge in [-0.05, 0) is 44.9 Å². The minimum absolute atomic E-state index is 0.000741. The second-order valence-electron chi connectivity index (χ2n) is 5.57. The third-order valence-electron chi connectivity index (χ3n) is 4.25. The summed E-state index contributed by atoms with van der Waals surface area (Å²) < 4.78 is 0. The molecular formula is C12H24N2O2. The van der Waals surface area contributed by atoms with E-state index in [9.17, 15) is 10.2 Å². The molecule has 2 aliphatic rings. The SMILES string of the molecule is N[C@@]1(CO)CCC[C@H]1NC1(O)CCCCC1. The minimum atomic E-state index is -0.743. The van der Waals surface area contributed by atoms with Crippen molar-refractivity contribution < 1.29 is 10.2 Å². The van der Waals surface area contributed by atoms with E-state index in [0.717, 1.165) is 44.9 Å². The first-order valence-electron chi connectivity index (χ1n) is 6.48. The third-order valence-corrected chi connectivity index (χ3v) is 4.25. The lowest BCUT2D eigenvalue weighted by Crippen LogP contribution is -2.62. The summed E-state index contributed by atoms with van der Waals surface area (Å²) in [5.74, 6) is 0. The summed E-state index contributed by atoms with van der Waals surface area (Å²) in [6, 6.07) is 0.0561. The number of hydrogen-bond donors (Lipinski definition) is 4. The van der Waals surface area contributed by atoms with Crippen LogP contribution in [0.15, 0.2) is 0 Å². The number of hydrogen-bond acceptors (Lipinski definition) is 4. The molecule has 0 aromatic rings. The highest BCUT2D eigenvalue weighted by Crippen LogP contribution is 2.32. The molecule has 5 N–H and O–H groups in total. The molecule has 0 radical (unpaired) electrons. The van der Waals surface area contributed by atoms with Crippen LogP contribution in [0.3, 0.4) is 0 Å². The Kier molecular flexibility index (Phi) is 3.54. The van der Waals surface area contributed by atoms with Gasteiger partial charge in [0.15, 0.2) is 0 Å². The summed E-state index contributed by atoms with van der Waals surface area (Å²) >= 11 is 0. The van der Waals surface area contributed by atoms with Gasteiger partial charge in [-0.3, -0.25) is 5.32 Å². The highest BCUT2D eigenvalue weighted by molar-refractivity contribution is 5.03. The fourth-order valence-electron chi connectivity index (χ4n) is 3.11. The highest BCUT2D eigenvalue weighted by Gasteiger charge is 2.43. The van der Waals surface area contributed by atoms with Gasteiger partial charge in [-0.15, -0.1) is 0 Å². The molecule has 0 bridgehead atoms. The Labute approximate surface area is 97.2 Å². The number of aliphatic hydroxyl groups is 2. The number of nitrogens with two attached hydrogens (primary N) is 1. The van der Waals surface area contributed by atoms with Gasteiger partial charge in [-0.2, -0.15) is 0 Å². The van der Waals surface area contributed by atoms with Crippen molar-refractivity contribution in [3.8, 4) is 0 Å². The molecule has 0 saturated heterocycles. The average Bonchev–Trinajstić information content (AvgIpc) is 2.62. The summed E-state index contributed by atoms with van der Waals surface area (Å²) in [4.78, 5) is 0. The van der Waals surface area contributed by atoms with Crippen molar-refractivity contribution in [2.45, 2.75) is 68.7 Å². The van der Waals surface area contributed by atoms with E-state index in [0.29, 0.717) is 0 Å². The van der Waals surface area contributed by atoms with E-state index in [2.05, 4.69) is 5.32 Å². The summed E-state index contributed by atoms with van der Waals surface area (Å²) in [6.07, 6.45) is 7.82. The fourth-order valence-corrected chi connectivity index (χ4v) is 3.11. The summed E-state index contributed by atoms with van der Waals surface area (Å²) in [6.45, 7) is 0.000741. The summed E-state index contributed by atoms with van der Waals surface area (Å²) in [7, 11) is 0. The number of aliphatic hydroxyl groups excluding tert-OH is 1. The van der Waals surface area contributed by atoms with E-state index in [1.165, 1.54) is 6.42 Å². The maximum atomic E-state index is 10.4. The van der Waals surface area contributed by atoms with E-state index in [1.54, 1.807) is 0 Å². The Morgan fingerprint density at radius 2 is 1.81 bits per heavy atom. The van der Waals surface area contributed by atoms with Gasteiger partial charge in [-0.25, -0.2) is 0 Å². The summed E-state index contributed by atoms with van der Waals surface area (Å²) in [5.41, 5.74) is 4.88. The smallest absolute Gasteiger partial charge is 0.116 e. The first kappa shape index (κ1) is 12.3. The Morgan fingerprint density at radius 3 is 2.44 bits per heavy atom. The van der Waals surface area contributed by atoms with Crippen LogP contribution in [0, 0.1) is 0 Å². The molecule has 0 aliphatic heterocycles. The third kappa shape index (κ3) is 2.40. The second-order valence-corrected chi connectivity index (χ2v) is 5.57. The molecule has 2 aliphatic carbocycles. The zero-order chi connectivity index (χ0) is 11.6. The van der Waals surface area contributed by atoms with Gasteiger partial charge in [-0.1, -0.05) is 6.42 Å². The fraction of sp³-hybridized carbons (Fsp3) is 1.00. The van der Waals surface area contributed by atoms with E-state index in [4.69, 9.17) is 5.73 Å². The first-order valence-corrected chi connectivity index (χ1v) is 6.48. The molecule has 0 spiro atoms. The predicted molar refractivity (Wildman–Crippen MR) is 62.8 cm³/mol. The Hall–Kier alpha value is -0.160. The molecule has 2 rings (SSSR count). The molecule has 2 saturated carbocycles. The molecule has 0 amide bonds. The van der Waals surface area contributed by atoms with E-state index < -0.39 is 11.3 Å². The number of rotatable bonds is 3. The normalized spacial score (nSPS) is 38.8. The maximum Gasteiger partial charge on any atom is 0.116 e. The van der Waals surface area contributed by atoms with Crippen LogP contribution in [0.2, 0.25) is 0 Å². The molecule has 16 heavy (non-hydrogen) atoms. The van der Waals surface area contributed by atoms with Crippen LogP contribution >= 0.6 is 0 Å². The van der Waals surface area contributed by atoms with Gasteiger partial charge < -0.3 is 15.9 Å². The standard InChI is InChI=1S/C12H24N2O2/c13-11(9-15)6-4-5-10(11)14-12(16)7-2-1-3-8-12/h10,14-16H,1-9,13H2/t10-,11-/m1/s1. The van der Waals surface area contributed by atoms with Crippen molar-refractivity contribution in [2.75, 3.05) is 6.61 Å². The van der Waals surface area contributed by atoms with Crippen LogP contribution in [-0.2, 0) is 0 Å². The van der Waals surface area contributed by atoms with Gasteiger partial charge in [0.05, 0.1) is 12.1 Å². The van der Waals surface area contributed by atoms with E-state index in [1.807, 2.05) is 0 Å².